The molecule has 0 aliphatic carbocycles. The van der Waals surface area contributed by atoms with E-state index in [1.807, 2.05) is 0 Å². The molecule has 3 rings (SSSR count). The number of ketones is 1. The predicted octanol–water partition coefficient (Wildman–Crippen LogP) is 0.117. The second-order valence-electron chi connectivity index (χ2n) is 7.87. The van der Waals surface area contributed by atoms with E-state index in [9.17, 15) is 32.7 Å². The molecule has 4 amide bonds. The molecule has 0 aromatic heterocycles. The van der Waals surface area contributed by atoms with Crippen LogP contribution in [0, 0.1) is 5.41 Å². The Balaban J connectivity index is 1.41. The molecule has 33 heavy (non-hydrogen) atoms. The number of nitrogens with zero attached hydrogens (tertiary/aromatic N) is 3. The number of rotatable bonds is 4. The number of carbonyl (C=O) groups is 3. The lowest BCUT2D eigenvalue weighted by Gasteiger charge is -2.47. The number of likely N-dealkylation sites (tertiary alicyclic amines) is 1. The number of halogens is 3. The minimum Gasteiger partial charge on any atom is -0.378 e. The highest BCUT2D eigenvalue weighted by molar-refractivity contribution is 5.95. The zero-order chi connectivity index (χ0) is 24.4. The Morgan fingerprint density at radius 3 is 2.09 bits per heavy atom. The van der Waals surface area contributed by atoms with Gasteiger partial charge in [0.1, 0.15) is 0 Å². The predicted molar refractivity (Wildman–Crippen MR) is 110 cm³/mol. The van der Waals surface area contributed by atoms with Crippen molar-refractivity contribution < 1.29 is 32.7 Å². The van der Waals surface area contributed by atoms with Crippen molar-refractivity contribution in [2.75, 3.05) is 44.6 Å². The molecule has 0 spiro atoms. The van der Waals surface area contributed by atoms with Gasteiger partial charge < -0.3 is 36.2 Å². The summed E-state index contributed by atoms with van der Waals surface area (Å²) in [6.07, 6.45) is -5.17. The molecule has 180 valence electrons. The summed E-state index contributed by atoms with van der Waals surface area (Å²) in [5.41, 5.74) is 4.12. The third kappa shape index (κ3) is 5.63. The smallest absolute Gasteiger partial charge is 0.378 e. The number of nitrogens with two attached hydrogens (primary N) is 1. The zero-order valence-electron chi connectivity index (χ0n) is 17.5. The molecule has 2 heterocycles. The van der Waals surface area contributed by atoms with E-state index in [0.717, 1.165) is 10.5 Å². The second-order valence-corrected chi connectivity index (χ2v) is 7.87. The largest absolute Gasteiger partial charge is 0.453 e. The van der Waals surface area contributed by atoms with E-state index in [0.29, 0.717) is 5.69 Å². The second kappa shape index (κ2) is 9.13. The van der Waals surface area contributed by atoms with Crippen LogP contribution in [0.15, 0.2) is 24.3 Å². The van der Waals surface area contributed by atoms with Gasteiger partial charge in [0.05, 0.1) is 13.1 Å². The van der Waals surface area contributed by atoms with Crippen molar-refractivity contribution in [1.29, 1.82) is 5.41 Å². The van der Waals surface area contributed by atoms with Crippen molar-refractivity contribution in [1.82, 2.24) is 20.0 Å². The maximum Gasteiger partial charge on any atom is 0.453 e. The number of hydrogen-bond donors (Lipinski definition) is 5. The Labute approximate surface area is 186 Å². The van der Waals surface area contributed by atoms with Crippen molar-refractivity contribution in [3.8, 4) is 0 Å². The number of piperazine rings is 1. The first-order valence-corrected chi connectivity index (χ1v) is 10.00. The van der Waals surface area contributed by atoms with Gasteiger partial charge in [-0.25, -0.2) is 9.59 Å². The number of anilines is 1. The van der Waals surface area contributed by atoms with Crippen LogP contribution in [0.2, 0.25) is 0 Å². The fourth-order valence-corrected chi connectivity index (χ4v) is 3.58. The molecule has 0 bridgehead atoms. The number of Topliss-reactive ketones (excluding diaryl/α,β-unsaturated/α-hetero) is 1. The number of β-amino-alcohol motifs (C(OH)–C–C–N with tert-alkyl or cyclic N) is 1. The number of amides is 4. The van der Waals surface area contributed by atoms with Crippen LogP contribution in [0.3, 0.4) is 0 Å². The van der Waals surface area contributed by atoms with Crippen LogP contribution < -0.4 is 16.4 Å². The Bertz CT molecular complexity index is 924. The number of hydrogen-bond acceptors (Lipinski definition) is 5. The molecular formula is C19H24F3N7O4. The van der Waals surface area contributed by atoms with Gasteiger partial charge in [0.25, 0.3) is 5.78 Å². The van der Waals surface area contributed by atoms with E-state index >= 15 is 0 Å². The molecule has 1 aromatic carbocycles. The fraction of sp³-hybridized carbons (Fsp3) is 0.474. The third-order valence-corrected chi connectivity index (χ3v) is 5.37. The lowest BCUT2D eigenvalue weighted by Crippen LogP contribution is -2.71. The number of guanidine groups is 1. The highest BCUT2D eigenvalue weighted by Crippen LogP contribution is 2.31. The SMILES string of the molecule is N=C(N)Nc1ccc(CNC(=O)N2CCN(C(=O)N3CC(O)(C(=O)C(F)(F)F)C3)CC2)cc1. The van der Waals surface area contributed by atoms with Crippen molar-refractivity contribution in [2.24, 2.45) is 5.73 Å². The van der Waals surface area contributed by atoms with Gasteiger partial charge in [-0.2, -0.15) is 13.2 Å². The van der Waals surface area contributed by atoms with Crippen LogP contribution in [0.4, 0.5) is 28.4 Å². The molecule has 0 saturated carbocycles. The molecule has 11 nitrogen and oxygen atoms in total. The number of benzene rings is 1. The average Bonchev–Trinajstić information content (AvgIpc) is 2.74. The molecule has 2 fully saturated rings. The van der Waals surface area contributed by atoms with E-state index in [4.69, 9.17) is 11.1 Å². The lowest BCUT2D eigenvalue weighted by atomic mass is 9.89. The number of carbonyl (C=O) groups excluding carboxylic acids is 3. The highest BCUT2D eigenvalue weighted by atomic mass is 19.4. The van der Waals surface area contributed by atoms with Gasteiger partial charge in [0.2, 0.25) is 0 Å². The molecule has 1 aromatic rings. The monoisotopic (exact) mass is 471 g/mol. The van der Waals surface area contributed by atoms with Crippen molar-refractivity contribution >= 4 is 29.5 Å². The zero-order valence-corrected chi connectivity index (χ0v) is 17.5. The molecule has 2 aliphatic heterocycles. The topological polar surface area (TPSA) is 155 Å². The van der Waals surface area contributed by atoms with Gasteiger partial charge in [-0.1, -0.05) is 12.1 Å². The Morgan fingerprint density at radius 2 is 1.58 bits per heavy atom. The van der Waals surface area contributed by atoms with Gasteiger partial charge in [-0.15, -0.1) is 0 Å². The quantitative estimate of drug-likeness (QED) is 0.310. The number of urea groups is 2. The van der Waals surface area contributed by atoms with Crippen molar-refractivity contribution in [3.63, 3.8) is 0 Å². The first kappa shape index (κ1) is 24.1. The first-order valence-electron chi connectivity index (χ1n) is 10.00. The summed E-state index contributed by atoms with van der Waals surface area (Å²) in [6, 6.07) is 6.04. The Hall–Kier alpha value is -3.55. The summed E-state index contributed by atoms with van der Waals surface area (Å²) in [7, 11) is 0. The molecule has 6 N–H and O–H groups in total. The Kier molecular flexibility index (Phi) is 6.67. The van der Waals surface area contributed by atoms with Crippen molar-refractivity contribution in [2.45, 2.75) is 18.3 Å². The lowest BCUT2D eigenvalue weighted by molar-refractivity contribution is -0.201. The van der Waals surface area contributed by atoms with Crippen LogP contribution >= 0.6 is 0 Å². The molecule has 2 saturated heterocycles. The van der Waals surface area contributed by atoms with Gasteiger partial charge in [-0.3, -0.25) is 10.2 Å². The first-order chi connectivity index (χ1) is 15.4. The molecular weight excluding hydrogens is 447 g/mol. The summed E-state index contributed by atoms with van der Waals surface area (Å²) < 4.78 is 37.6. The van der Waals surface area contributed by atoms with Crippen molar-refractivity contribution in [3.05, 3.63) is 29.8 Å². The van der Waals surface area contributed by atoms with E-state index < -0.39 is 36.7 Å². The summed E-state index contributed by atoms with van der Waals surface area (Å²) in [6.45, 7) is -0.397. The van der Waals surface area contributed by atoms with Crippen LogP contribution in [-0.4, -0.2) is 94.7 Å². The van der Waals surface area contributed by atoms with Gasteiger partial charge >= 0.3 is 18.2 Å². The van der Waals surface area contributed by atoms with Gasteiger partial charge in [-0.05, 0) is 17.7 Å². The summed E-state index contributed by atoms with van der Waals surface area (Å²) in [5.74, 6) is -2.45. The van der Waals surface area contributed by atoms with Crippen LogP contribution in [0.25, 0.3) is 0 Å². The number of alkyl halides is 3. The summed E-state index contributed by atoms with van der Waals surface area (Å²) >= 11 is 0. The van der Waals surface area contributed by atoms with Gasteiger partial charge in [0, 0.05) is 38.4 Å². The summed E-state index contributed by atoms with van der Waals surface area (Å²) in [5, 5.41) is 22.4. The molecule has 2 aliphatic rings. The maximum atomic E-state index is 12.5. The minimum atomic E-state index is -5.17. The molecule has 14 heteroatoms. The normalized spacial score (nSPS) is 17.8. The van der Waals surface area contributed by atoms with Crippen LogP contribution in [0.5, 0.6) is 0 Å². The van der Waals surface area contributed by atoms with E-state index in [-0.39, 0.29) is 44.7 Å². The minimum absolute atomic E-state index is 0.166. The van der Waals surface area contributed by atoms with E-state index in [2.05, 4.69) is 10.6 Å². The molecule has 0 atom stereocenters. The third-order valence-electron chi connectivity index (χ3n) is 5.37. The summed E-state index contributed by atoms with van der Waals surface area (Å²) in [4.78, 5) is 39.9. The fourth-order valence-electron chi connectivity index (χ4n) is 3.58. The van der Waals surface area contributed by atoms with E-state index in [1.165, 1.54) is 9.80 Å². The molecule has 0 radical (unpaired) electrons. The van der Waals surface area contributed by atoms with E-state index in [1.54, 1.807) is 24.3 Å². The number of nitrogens with one attached hydrogen (secondary N) is 3. The van der Waals surface area contributed by atoms with Crippen LogP contribution in [0.1, 0.15) is 5.56 Å². The standard InChI is InChI=1S/C19H24F3N7O4/c20-19(21,22)14(30)18(33)10-29(11-18)17(32)28-7-5-27(6-8-28)16(31)25-9-12-1-3-13(4-2-12)26-15(23)24/h1-4,33H,5-11H2,(H,25,31)(H4,23,24,26). The average molecular weight is 471 g/mol. The van der Waals surface area contributed by atoms with Gasteiger partial charge in [0.15, 0.2) is 11.6 Å². The molecule has 0 unspecified atom stereocenters. The highest BCUT2D eigenvalue weighted by Gasteiger charge is 2.59. The maximum absolute atomic E-state index is 12.5. The van der Waals surface area contributed by atoms with Crippen LogP contribution in [-0.2, 0) is 11.3 Å². The number of aliphatic hydroxyl groups is 1. The Morgan fingerprint density at radius 1 is 1.03 bits per heavy atom.